The monoisotopic (exact) mass is 884 g/mol. The Kier molecular flexibility index (Phi) is 15.7. The molecule has 57 heavy (non-hydrogen) atoms. The maximum absolute atomic E-state index is 7.90. The van der Waals surface area contributed by atoms with Gasteiger partial charge in [-0.2, -0.15) is 0 Å². The number of benzene rings is 5. The lowest BCUT2D eigenvalue weighted by molar-refractivity contribution is 0.283. The lowest BCUT2D eigenvalue weighted by Gasteiger charge is -2.47. The van der Waals surface area contributed by atoms with E-state index in [0.717, 1.165) is 50.1 Å². The van der Waals surface area contributed by atoms with Crippen LogP contribution in [0.5, 0.6) is 0 Å². The number of rotatable bonds is 21. The summed E-state index contributed by atoms with van der Waals surface area (Å²) in [6.45, 7) is 22.4. The molecule has 0 amide bonds. The maximum Gasteiger partial charge on any atom is 0.388 e. The molecule has 0 radical (unpaired) electrons. The summed E-state index contributed by atoms with van der Waals surface area (Å²) in [5.41, 5.74) is 0. The molecule has 0 aromatic heterocycles. The molecule has 13 heteroatoms. The summed E-state index contributed by atoms with van der Waals surface area (Å²) in [4.78, 5) is 0. The van der Waals surface area contributed by atoms with Crippen molar-refractivity contribution >= 4 is 86.1 Å². The van der Waals surface area contributed by atoms with Crippen molar-refractivity contribution in [1.82, 2.24) is 0 Å². The van der Waals surface area contributed by atoms with Crippen molar-refractivity contribution in [2.75, 3.05) is 0 Å². The third-order valence-electron chi connectivity index (χ3n) is 10.0. The van der Waals surface area contributed by atoms with E-state index in [4.69, 9.17) is 24.7 Å². The number of hydrogen-bond donors (Lipinski definition) is 0. The molecule has 0 heterocycles. The van der Waals surface area contributed by atoms with Crippen LogP contribution in [0.2, 0.25) is 63.5 Å². The molecule has 0 bridgehead atoms. The van der Waals surface area contributed by atoms with Gasteiger partial charge in [0.15, 0.2) is 16.6 Å². The van der Waals surface area contributed by atoms with Gasteiger partial charge in [0.1, 0.15) is 0 Å². The summed E-state index contributed by atoms with van der Waals surface area (Å²) in [6, 6.07) is 56.1. The summed E-state index contributed by atoms with van der Waals surface area (Å²) in [7, 11) is -19.9. The summed E-state index contributed by atoms with van der Waals surface area (Å²) < 4.78 is 46.2. The molecule has 304 valence electrons. The zero-order chi connectivity index (χ0) is 41.2. The Balaban J connectivity index is 1.68. The molecule has 0 unspecified atom stereocenters. The van der Waals surface area contributed by atoms with Gasteiger partial charge in [0.05, 0.1) is 0 Å². The smallest absolute Gasteiger partial charge is 0.388 e. The van der Waals surface area contributed by atoms with E-state index in [-0.39, 0.29) is 0 Å². The lowest BCUT2D eigenvalue weighted by atomic mass is 10.4. The van der Waals surface area contributed by atoms with Gasteiger partial charge in [-0.25, -0.2) is 0 Å². The fourth-order valence-corrected chi connectivity index (χ4v) is 38.9. The van der Waals surface area contributed by atoms with Crippen LogP contribution >= 0.6 is 0 Å². The minimum Gasteiger partial charge on any atom is -0.430 e. The van der Waals surface area contributed by atoms with Gasteiger partial charge in [-0.15, -0.1) is 0 Å². The molecule has 5 aromatic carbocycles. The van der Waals surface area contributed by atoms with Crippen molar-refractivity contribution in [1.29, 1.82) is 0 Å². The molecule has 0 N–H and O–H groups in total. The Morgan fingerprint density at radius 3 is 0.825 bits per heavy atom. The van der Waals surface area contributed by atoms with Crippen molar-refractivity contribution in [3.8, 4) is 0 Å². The van der Waals surface area contributed by atoms with E-state index in [1.165, 1.54) is 0 Å². The van der Waals surface area contributed by atoms with Crippen LogP contribution in [0.15, 0.2) is 152 Å². The molecule has 5 aromatic rings. The maximum atomic E-state index is 7.90. The van der Waals surface area contributed by atoms with Gasteiger partial charge >= 0.3 is 43.5 Å². The van der Waals surface area contributed by atoms with E-state index in [2.05, 4.69) is 219 Å². The molecular weight excluding hydrogens is 821 g/mol. The number of hydrogen-bond acceptors (Lipinski definition) is 6. The molecule has 6 nitrogen and oxygen atoms in total. The molecule has 5 rings (SSSR count). The Morgan fingerprint density at radius 1 is 0.351 bits per heavy atom. The van der Waals surface area contributed by atoms with Crippen LogP contribution in [0.3, 0.4) is 0 Å². The molecule has 0 spiro atoms. The Morgan fingerprint density at radius 2 is 0.596 bits per heavy atom. The van der Waals surface area contributed by atoms with Crippen LogP contribution < -0.4 is 25.9 Å². The quantitative estimate of drug-likeness (QED) is 0.0692. The van der Waals surface area contributed by atoms with Crippen molar-refractivity contribution in [2.24, 2.45) is 0 Å². The van der Waals surface area contributed by atoms with Crippen molar-refractivity contribution in [3.63, 3.8) is 0 Å². The second kappa shape index (κ2) is 19.6. The van der Waals surface area contributed by atoms with Crippen molar-refractivity contribution in [2.45, 2.75) is 91.2 Å². The van der Waals surface area contributed by atoms with E-state index in [9.17, 15) is 0 Å². The predicted octanol–water partition coefficient (Wildman–Crippen LogP) is 8.36. The van der Waals surface area contributed by atoms with Gasteiger partial charge in [-0.3, -0.25) is 0 Å². The third kappa shape index (κ3) is 11.4. The van der Waals surface area contributed by atoms with Crippen LogP contribution in [0.25, 0.3) is 0 Å². The van der Waals surface area contributed by atoms with Crippen LogP contribution in [-0.2, 0) is 24.7 Å². The van der Waals surface area contributed by atoms with Gasteiger partial charge in [-0.05, 0) is 89.4 Å². The van der Waals surface area contributed by atoms with E-state index in [1.54, 1.807) is 0 Å². The average Bonchev–Trinajstić information content (AvgIpc) is 3.23. The molecule has 0 aliphatic heterocycles. The molecular formula is C44H64O6Si7. The van der Waals surface area contributed by atoms with Crippen LogP contribution in [-0.4, -0.2) is 60.2 Å². The highest BCUT2D eigenvalue weighted by atomic mass is 28.5. The Labute approximate surface area is 351 Å². The highest BCUT2D eigenvalue weighted by Crippen LogP contribution is 2.32. The fourth-order valence-electron chi connectivity index (χ4n) is 7.19. The summed E-state index contributed by atoms with van der Waals surface area (Å²) in [5, 5.41) is 5.47. The van der Waals surface area contributed by atoms with Crippen molar-refractivity contribution in [3.05, 3.63) is 152 Å². The molecule has 0 saturated carbocycles. The topological polar surface area (TPSA) is 55.4 Å². The average molecular weight is 886 g/mol. The first kappa shape index (κ1) is 45.5. The predicted molar refractivity (Wildman–Crippen MR) is 256 cm³/mol. The van der Waals surface area contributed by atoms with E-state index >= 15 is 0 Å². The summed E-state index contributed by atoms with van der Waals surface area (Å²) >= 11 is 0. The largest absolute Gasteiger partial charge is 0.430 e. The first-order chi connectivity index (χ1) is 27.2. The van der Waals surface area contributed by atoms with Crippen LogP contribution in [0, 0.1) is 0 Å². The van der Waals surface area contributed by atoms with E-state index < -0.39 is 60.2 Å². The third-order valence-corrected chi connectivity index (χ3v) is 37.3. The standard InChI is InChI=1S/C44H64O6Si7/c1-11-54(12-2,49-56(47-52(5,6)7,41-32-22-16-23-33-41)42-34-24-17-25-35-42)45-51(40-30-20-15-21-31-40)46-55(13-3,14-4)50-57(48-53(8,9)10,43-36-26-18-27-37-43)44-38-28-19-29-39-44/h15-39,51H,11-14H2,1-10H3. The van der Waals surface area contributed by atoms with Crippen molar-refractivity contribution < 1.29 is 24.7 Å². The van der Waals surface area contributed by atoms with Gasteiger partial charge in [0, 0.05) is 0 Å². The molecule has 0 fully saturated rings. The second-order valence-electron chi connectivity index (χ2n) is 16.5. The highest BCUT2D eigenvalue weighted by molar-refractivity contribution is 7.04. The van der Waals surface area contributed by atoms with Gasteiger partial charge in [0.2, 0.25) is 0 Å². The van der Waals surface area contributed by atoms with Crippen LogP contribution in [0.1, 0.15) is 27.7 Å². The molecule has 0 aliphatic rings. The minimum atomic E-state index is -3.32. The van der Waals surface area contributed by atoms with Gasteiger partial charge in [-0.1, -0.05) is 179 Å². The molecule has 0 aliphatic carbocycles. The molecule has 0 saturated heterocycles. The van der Waals surface area contributed by atoms with Gasteiger partial charge < -0.3 is 24.7 Å². The fraction of sp³-hybridized carbons (Fsp3) is 0.318. The Hall–Kier alpha value is -2.62. The summed E-state index contributed by atoms with van der Waals surface area (Å²) in [6.07, 6.45) is 0. The second-order valence-corrected chi connectivity index (χ2v) is 42.7. The molecule has 0 atom stereocenters. The first-order valence-corrected chi connectivity index (χ1v) is 37.0. The lowest BCUT2D eigenvalue weighted by Crippen LogP contribution is -2.73. The Bertz CT molecular complexity index is 1720. The SMILES string of the molecule is CC[Si](CC)(O[SiH](O[Si](CC)(CC)O[Si](O[Si](C)(C)C)(c1ccccc1)c1ccccc1)c1ccccc1)O[Si](O[Si](C)(C)C)(c1ccccc1)c1ccccc1. The highest BCUT2D eigenvalue weighted by Gasteiger charge is 2.56. The minimum absolute atomic E-state index is 0.742. The normalized spacial score (nSPS) is 13.2. The summed E-state index contributed by atoms with van der Waals surface area (Å²) in [5.74, 6) is 0. The first-order valence-electron chi connectivity index (χ1n) is 20.6. The van der Waals surface area contributed by atoms with Crippen LogP contribution in [0.4, 0.5) is 0 Å². The van der Waals surface area contributed by atoms with Gasteiger partial charge in [0.25, 0.3) is 0 Å². The zero-order valence-corrected chi connectivity index (χ0v) is 42.9. The zero-order valence-electron chi connectivity index (χ0n) is 35.8. The van der Waals surface area contributed by atoms with E-state index in [1.807, 2.05) is 0 Å². The van der Waals surface area contributed by atoms with E-state index in [0.29, 0.717) is 0 Å².